The largest absolute Gasteiger partial charge is 0.372 e. The molecule has 2 unspecified atom stereocenters. The summed E-state index contributed by atoms with van der Waals surface area (Å²) in [7, 11) is 2.02. The molecular weight excluding hydrogens is 602 g/mol. The summed E-state index contributed by atoms with van der Waals surface area (Å²) in [5.41, 5.74) is 4.51. The molecule has 4 heterocycles. The van der Waals surface area contributed by atoms with Crippen molar-refractivity contribution in [2.24, 2.45) is 0 Å². The maximum absolute atomic E-state index is 15.1. The molecule has 44 heavy (non-hydrogen) atoms. The molecule has 2 aromatic heterocycles. The van der Waals surface area contributed by atoms with Crippen LogP contribution in [0.3, 0.4) is 0 Å². The summed E-state index contributed by atoms with van der Waals surface area (Å²) < 4.78 is 22.6. The number of rotatable bonds is 5. The number of fused-ring (bicyclic) bond motifs is 2. The number of para-hydroxylation sites is 1. The molecule has 224 valence electrons. The van der Waals surface area contributed by atoms with Gasteiger partial charge in [-0.2, -0.15) is 4.98 Å². The molecule has 0 spiro atoms. The first kappa shape index (κ1) is 28.7. The Hall–Kier alpha value is -4.02. The highest BCUT2D eigenvalue weighted by molar-refractivity contribution is 6.36. The van der Waals surface area contributed by atoms with Crippen molar-refractivity contribution in [3.63, 3.8) is 0 Å². The standard InChI is InChI=1S/C33H29Cl2FN6O2/c1-41-18-23(12-19-4-2-3-5-29(19)41)42-31-20(13-26(32(42)43)24-8-6-21(34)14-27(24)35)16-38-33(40-31)39-22-7-9-25(28(36)15-22)30-17-37-10-11-44-30/h2-9,13-16,23,30,37H,10-12,17-18H2,1H3,(H,38,39,40). The van der Waals surface area contributed by atoms with Crippen LogP contribution in [0.5, 0.6) is 0 Å². The molecule has 8 nitrogen and oxygen atoms in total. The number of morpholine rings is 1. The quantitative estimate of drug-likeness (QED) is 0.228. The minimum Gasteiger partial charge on any atom is -0.372 e. The number of pyridine rings is 1. The summed E-state index contributed by atoms with van der Waals surface area (Å²) in [6.07, 6.45) is 1.97. The van der Waals surface area contributed by atoms with Crippen LogP contribution in [-0.4, -0.2) is 47.8 Å². The van der Waals surface area contributed by atoms with Crippen LogP contribution < -0.4 is 21.1 Å². The smallest absolute Gasteiger partial charge is 0.260 e. The first-order chi connectivity index (χ1) is 21.4. The molecule has 0 amide bonds. The molecule has 2 N–H and O–H groups in total. The van der Waals surface area contributed by atoms with Crippen LogP contribution in [0, 0.1) is 5.82 Å². The zero-order valence-electron chi connectivity index (χ0n) is 23.9. The van der Waals surface area contributed by atoms with E-state index < -0.39 is 0 Å². The number of hydrogen-bond acceptors (Lipinski definition) is 7. The number of halogens is 3. The van der Waals surface area contributed by atoms with Gasteiger partial charge in [-0.25, -0.2) is 9.37 Å². The lowest BCUT2D eigenvalue weighted by Crippen LogP contribution is -2.39. The number of aromatic nitrogens is 3. The number of nitrogens with zero attached hydrogens (tertiary/aromatic N) is 4. The zero-order chi connectivity index (χ0) is 30.4. The SMILES string of the molecule is CN1CC(n2c(=O)c(-c3ccc(Cl)cc3Cl)cc3cnc(Nc4ccc(C5CNCCO5)c(F)c4)nc32)Cc2ccccc21. The predicted molar refractivity (Wildman–Crippen MR) is 173 cm³/mol. The maximum Gasteiger partial charge on any atom is 0.260 e. The van der Waals surface area contributed by atoms with E-state index in [0.29, 0.717) is 69.6 Å². The van der Waals surface area contributed by atoms with E-state index in [1.54, 1.807) is 47.2 Å². The lowest BCUT2D eigenvalue weighted by Gasteiger charge is -2.35. The highest BCUT2D eigenvalue weighted by Gasteiger charge is 2.28. The monoisotopic (exact) mass is 630 g/mol. The van der Waals surface area contributed by atoms with E-state index in [1.807, 2.05) is 19.2 Å². The lowest BCUT2D eigenvalue weighted by atomic mass is 9.97. The molecule has 11 heteroatoms. The number of anilines is 3. The Morgan fingerprint density at radius 1 is 1.07 bits per heavy atom. The van der Waals surface area contributed by atoms with Crippen molar-refractivity contribution < 1.29 is 9.13 Å². The summed E-state index contributed by atoms with van der Waals surface area (Å²) in [6.45, 7) is 2.44. The first-order valence-electron chi connectivity index (χ1n) is 14.4. The van der Waals surface area contributed by atoms with Crippen molar-refractivity contribution in [3.8, 4) is 11.1 Å². The molecule has 0 radical (unpaired) electrons. The van der Waals surface area contributed by atoms with E-state index in [1.165, 1.54) is 6.07 Å². The molecule has 1 saturated heterocycles. The minimum atomic E-state index is -0.380. The number of nitrogens with one attached hydrogen (secondary N) is 2. The minimum absolute atomic E-state index is 0.222. The molecule has 7 rings (SSSR count). The Kier molecular flexibility index (Phi) is 7.72. The highest BCUT2D eigenvalue weighted by Crippen LogP contribution is 2.34. The average Bonchev–Trinajstić information content (AvgIpc) is 3.02. The van der Waals surface area contributed by atoms with Crippen LogP contribution in [0.25, 0.3) is 22.2 Å². The molecule has 0 bridgehead atoms. The fraction of sp³-hybridized carbons (Fsp3) is 0.242. The molecule has 2 atom stereocenters. The lowest BCUT2D eigenvalue weighted by molar-refractivity contribution is 0.0255. The van der Waals surface area contributed by atoms with Crippen molar-refractivity contribution in [2.45, 2.75) is 18.6 Å². The fourth-order valence-corrected chi connectivity index (χ4v) is 6.65. The third kappa shape index (κ3) is 5.41. The van der Waals surface area contributed by atoms with Crippen molar-refractivity contribution in [1.82, 2.24) is 19.9 Å². The predicted octanol–water partition coefficient (Wildman–Crippen LogP) is 6.54. The number of benzene rings is 3. The second-order valence-electron chi connectivity index (χ2n) is 11.1. The number of likely N-dealkylation sites (N-methyl/N-ethyl adjacent to an activating group) is 1. The van der Waals surface area contributed by atoms with Gasteiger partial charge in [-0.1, -0.05) is 53.5 Å². The van der Waals surface area contributed by atoms with Gasteiger partial charge in [0.2, 0.25) is 5.95 Å². The van der Waals surface area contributed by atoms with E-state index in [-0.39, 0.29) is 29.5 Å². The van der Waals surface area contributed by atoms with Crippen LogP contribution in [0.2, 0.25) is 10.0 Å². The molecule has 0 saturated carbocycles. The van der Waals surface area contributed by atoms with Crippen molar-refractivity contribution in [3.05, 3.63) is 110 Å². The zero-order valence-corrected chi connectivity index (χ0v) is 25.4. The fourth-order valence-electron chi connectivity index (χ4n) is 6.14. The van der Waals surface area contributed by atoms with E-state index in [2.05, 4.69) is 32.7 Å². The van der Waals surface area contributed by atoms with E-state index >= 15 is 4.39 Å². The normalized spacial score (nSPS) is 18.3. The van der Waals surface area contributed by atoms with Gasteiger partial charge in [0.15, 0.2) is 0 Å². The Balaban J connectivity index is 1.32. The summed E-state index contributed by atoms with van der Waals surface area (Å²) in [5, 5.41) is 7.88. The van der Waals surface area contributed by atoms with Crippen LogP contribution in [0.1, 0.15) is 23.3 Å². The van der Waals surface area contributed by atoms with Crippen LogP contribution in [0.15, 0.2) is 77.7 Å². The van der Waals surface area contributed by atoms with Gasteiger partial charge in [-0.15, -0.1) is 0 Å². The van der Waals surface area contributed by atoms with Gasteiger partial charge in [0, 0.05) is 71.4 Å². The first-order valence-corrected chi connectivity index (χ1v) is 15.2. The van der Waals surface area contributed by atoms with E-state index in [9.17, 15) is 4.79 Å². The van der Waals surface area contributed by atoms with Gasteiger partial charge >= 0.3 is 0 Å². The Bertz CT molecular complexity index is 1940. The summed E-state index contributed by atoms with van der Waals surface area (Å²) in [4.78, 5) is 25.8. The van der Waals surface area contributed by atoms with Gasteiger partial charge in [-0.3, -0.25) is 9.36 Å². The van der Waals surface area contributed by atoms with E-state index in [0.717, 1.165) is 17.8 Å². The molecule has 3 aromatic carbocycles. The van der Waals surface area contributed by atoms with Gasteiger partial charge in [0.1, 0.15) is 11.5 Å². The Labute approximate surface area is 263 Å². The Morgan fingerprint density at radius 3 is 2.73 bits per heavy atom. The molecule has 0 aliphatic carbocycles. The molecule has 2 aliphatic rings. The van der Waals surface area contributed by atoms with Crippen LogP contribution >= 0.6 is 23.2 Å². The second kappa shape index (κ2) is 11.8. The van der Waals surface area contributed by atoms with Gasteiger partial charge in [-0.05, 0) is 48.4 Å². The summed E-state index contributed by atoms with van der Waals surface area (Å²) in [6, 6.07) is 19.7. The molecule has 2 aliphatic heterocycles. The number of hydrogen-bond donors (Lipinski definition) is 2. The average molecular weight is 632 g/mol. The summed E-state index contributed by atoms with van der Waals surface area (Å²) >= 11 is 12.7. The van der Waals surface area contributed by atoms with Gasteiger partial charge < -0.3 is 20.3 Å². The summed E-state index contributed by atoms with van der Waals surface area (Å²) in [5.74, 6) is -0.134. The second-order valence-corrected chi connectivity index (χ2v) is 12.0. The maximum atomic E-state index is 15.1. The Morgan fingerprint density at radius 2 is 1.93 bits per heavy atom. The highest BCUT2D eigenvalue weighted by atomic mass is 35.5. The van der Waals surface area contributed by atoms with Crippen molar-refractivity contribution >= 4 is 51.6 Å². The van der Waals surface area contributed by atoms with Crippen molar-refractivity contribution in [1.29, 1.82) is 0 Å². The van der Waals surface area contributed by atoms with Gasteiger partial charge in [0.25, 0.3) is 5.56 Å². The topological polar surface area (TPSA) is 84.3 Å². The van der Waals surface area contributed by atoms with Crippen molar-refractivity contribution in [2.75, 3.05) is 43.5 Å². The molecular formula is C33H29Cl2FN6O2. The molecule has 5 aromatic rings. The third-order valence-electron chi connectivity index (χ3n) is 8.23. The third-order valence-corrected chi connectivity index (χ3v) is 8.78. The van der Waals surface area contributed by atoms with Crippen LogP contribution in [0.4, 0.5) is 21.7 Å². The van der Waals surface area contributed by atoms with Gasteiger partial charge in [0.05, 0.1) is 23.8 Å². The van der Waals surface area contributed by atoms with Crippen LogP contribution in [-0.2, 0) is 11.2 Å². The van der Waals surface area contributed by atoms with E-state index in [4.69, 9.17) is 32.9 Å². The number of ether oxygens (including phenoxy) is 1. The molecule has 1 fully saturated rings.